The Morgan fingerprint density at radius 3 is 2.36 bits per heavy atom. The monoisotopic (exact) mass is 360 g/mol. The van der Waals surface area contributed by atoms with Crippen molar-refractivity contribution in [2.75, 3.05) is 13.1 Å². The van der Waals surface area contributed by atoms with Gasteiger partial charge in [0.2, 0.25) is 0 Å². The van der Waals surface area contributed by atoms with Crippen LogP contribution in [0.3, 0.4) is 0 Å². The van der Waals surface area contributed by atoms with Gasteiger partial charge in [0, 0.05) is 25.2 Å². The van der Waals surface area contributed by atoms with Crippen molar-refractivity contribution in [1.82, 2.24) is 15.5 Å². The van der Waals surface area contributed by atoms with Crippen LogP contribution >= 0.6 is 11.3 Å². The highest BCUT2D eigenvalue weighted by Gasteiger charge is 2.27. The molecule has 3 amide bonds. The minimum absolute atomic E-state index is 0.0725. The largest absolute Gasteiger partial charge is 0.338 e. The maximum absolute atomic E-state index is 12.5. The van der Waals surface area contributed by atoms with E-state index in [1.54, 1.807) is 16.3 Å². The molecule has 6 nitrogen and oxygen atoms in total. The van der Waals surface area contributed by atoms with Crippen molar-refractivity contribution in [2.45, 2.75) is 57.0 Å². The molecule has 2 N–H and O–H groups in total. The zero-order valence-corrected chi connectivity index (χ0v) is 15.1. The van der Waals surface area contributed by atoms with Gasteiger partial charge in [-0.25, -0.2) is 4.79 Å². The molecule has 1 saturated carbocycles. The number of amides is 3. The molecule has 2 fully saturated rings. The molecule has 0 unspecified atom stereocenters. The van der Waals surface area contributed by atoms with E-state index in [1.807, 2.05) is 0 Å². The first kappa shape index (κ1) is 17.7. The molecule has 1 aliphatic heterocycles. The fourth-order valence-electron chi connectivity index (χ4n) is 3.59. The summed E-state index contributed by atoms with van der Waals surface area (Å²) in [5, 5.41) is 17.0. The number of piperidine rings is 1. The summed E-state index contributed by atoms with van der Waals surface area (Å²) < 4.78 is 0. The number of hydrogen-bond donors (Lipinski definition) is 2. The first-order valence-electron chi connectivity index (χ1n) is 9.01. The van der Waals surface area contributed by atoms with E-state index in [2.05, 4.69) is 16.7 Å². The molecule has 0 aromatic carbocycles. The molecular formula is C18H24N4O2S. The summed E-state index contributed by atoms with van der Waals surface area (Å²) in [5.41, 5.74) is 0.446. The summed E-state index contributed by atoms with van der Waals surface area (Å²) in [5.74, 6) is -0.0725. The van der Waals surface area contributed by atoms with Crippen LogP contribution in [-0.2, 0) is 0 Å². The van der Waals surface area contributed by atoms with E-state index in [-0.39, 0.29) is 18.0 Å². The Morgan fingerprint density at radius 2 is 1.72 bits per heavy atom. The molecule has 2 aliphatic rings. The molecule has 25 heavy (non-hydrogen) atoms. The molecule has 1 aliphatic carbocycles. The van der Waals surface area contributed by atoms with Crippen molar-refractivity contribution in [2.24, 2.45) is 0 Å². The third-order valence-electron chi connectivity index (χ3n) is 5.04. The van der Waals surface area contributed by atoms with E-state index >= 15 is 0 Å². The molecule has 3 rings (SSSR count). The molecule has 7 heteroatoms. The highest BCUT2D eigenvalue weighted by atomic mass is 32.1. The maximum Gasteiger partial charge on any atom is 0.315 e. The minimum atomic E-state index is -0.0818. The number of hydrogen-bond acceptors (Lipinski definition) is 4. The quantitative estimate of drug-likeness (QED) is 0.869. The average molecular weight is 360 g/mol. The van der Waals surface area contributed by atoms with E-state index in [4.69, 9.17) is 5.26 Å². The van der Waals surface area contributed by atoms with Crippen LogP contribution in [0.15, 0.2) is 11.4 Å². The molecule has 0 radical (unpaired) electrons. The van der Waals surface area contributed by atoms with Gasteiger partial charge in [-0.15, -0.1) is 11.3 Å². The van der Waals surface area contributed by atoms with Crippen LogP contribution in [0.5, 0.6) is 0 Å². The van der Waals surface area contributed by atoms with Gasteiger partial charge in [0.15, 0.2) is 0 Å². The van der Waals surface area contributed by atoms with Crippen LogP contribution in [0.25, 0.3) is 0 Å². The first-order valence-corrected chi connectivity index (χ1v) is 9.89. The number of carbonyl (C=O) groups is 2. The van der Waals surface area contributed by atoms with Crippen LogP contribution in [0.1, 0.15) is 60.2 Å². The van der Waals surface area contributed by atoms with Gasteiger partial charge in [-0.2, -0.15) is 5.26 Å². The maximum atomic E-state index is 12.5. The number of thiophene rings is 1. The lowest BCUT2D eigenvalue weighted by Crippen LogP contribution is -2.51. The van der Waals surface area contributed by atoms with Gasteiger partial charge in [-0.1, -0.05) is 19.3 Å². The number of nitrogens with zero attached hydrogens (tertiary/aromatic N) is 2. The number of likely N-dealkylation sites (tertiary alicyclic amines) is 1. The second-order valence-corrected chi connectivity index (χ2v) is 7.71. The van der Waals surface area contributed by atoms with E-state index in [1.165, 1.54) is 30.6 Å². The number of nitriles is 1. The molecule has 1 aromatic heterocycles. The lowest BCUT2D eigenvalue weighted by atomic mass is 9.96. The standard InChI is InChI=1S/C18H24N4O2S/c19-12-13-8-11-25-16(13)17(23)22-9-6-15(7-10-22)21-18(24)20-14-4-2-1-3-5-14/h8,11,14-15H,1-7,9-10H2,(H2,20,21,24). The van der Waals surface area contributed by atoms with Gasteiger partial charge in [-0.3, -0.25) is 4.79 Å². The minimum Gasteiger partial charge on any atom is -0.338 e. The van der Waals surface area contributed by atoms with Crippen molar-refractivity contribution in [3.8, 4) is 6.07 Å². The molecule has 1 saturated heterocycles. The Morgan fingerprint density at radius 1 is 1.08 bits per heavy atom. The second kappa shape index (κ2) is 8.34. The first-order chi connectivity index (χ1) is 12.2. The molecule has 2 heterocycles. The van der Waals surface area contributed by atoms with Crippen LogP contribution in [-0.4, -0.2) is 42.0 Å². The molecule has 1 aromatic rings. The molecule has 134 valence electrons. The zero-order chi connectivity index (χ0) is 17.6. The van der Waals surface area contributed by atoms with E-state index in [0.717, 1.165) is 25.7 Å². The van der Waals surface area contributed by atoms with Crippen molar-refractivity contribution < 1.29 is 9.59 Å². The Bertz CT molecular complexity index is 652. The van der Waals surface area contributed by atoms with Gasteiger partial charge in [0.05, 0.1) is 5.56 Å². The van der Waals surface area contributed by atoms with Crippen LogP contribution < -0.4 is 10.6 Å². The van der Waals surface area contributed by atoms with Crippen LogP contribution in [0.2, 0.25) is 0 Å². The van der Waals surface area contributed by atoms with Crippen LogP contribution in [0, 0.1) is 11.3 Å². The Kier molecular flexibility index (Phi) is 5.92. The predicted octanol–water partition coefficient (Wildman–Crippen LogP) is 2.86. The molecule has 0 bridgehead atoms. The van der Waals surface area contributed by atoms with E-state index in [0.29, 0.717) is 29.6 Å². The van der Waals surface area contributed by atoms with Crippen LogP contribution in [0.4, 0.5) is 4.79 Å². The Balaban J connectivity index is 1.44. The zero-order valence-electron chi connectivity index (χ0n) is 14.3. The summed E-state index contributed by atoms with van der Waals surface area (Å²) in [6.07, 6.45) is 7.29. The number of nitrogens with one attached hydrogen (secondary N) is 2. The fraction of sp³-hybridized carbons (Fsp3) is 0.611. The number of rotatable bonds is 3. The topological polar surface area (TPSA) is 85.2 Å². The fourth-order valence-corrected chi connectivity index (χ4v) is 4.40. The van der Waals surface area contributed by atoms with Crippen molar-refractivity contribution >= 4 is 23.3 Å². The third-order valence-corrected chi connectivity index (χ3v) is 5.94. The number of urea groups is 1. The Labute approximate surface area is 152 Å². The summed E-state index contributed by atoms with van der Waals surface area (Å²) in [6.45, 7) is 1.21. The summed E-state index contributed by atoms with van der Waals surface area (Å²) in [6, 6.07) is 4.07. The second-order valence-electron chi connectivity index (χ2n) is 6.79. The van der Waals surface area contributed by atoms with Crippen molar-refractivity contribution in [1.29, 1.82) is 5.26 Å². The summed E-state index contributed by atoms with van der Waals surface area (Å²) >= 11 is 1.31. The predicted molar refractivity (Wildman–Crippen MR) is 96.5 cm³/mol. The third kappa shape index (κ3) is 4.51. The van der Waals surface area contributed by atoms with E-state index < -0.39 is 0 Å². The number of carbonyl (C=O) groups excluding carboxylic acids is 2. The van der Waals surface area contributed by atoms with Crippen molar-refractivity contribution in [3.63, 3.8) is 0 Å². The summed E-state index contributed by atoms with van der Waals surface area (Å²) in [7, 11) is 0. The lowest BCUT2D eigenvalue weighted by molar-refractivity contribution is 0.0713. The van der Waals surface area contributed by atoms with Crippen molar-refractivity contribution in [3.05, 3.63) is 21.9 Å². The highest BCUT2D eigenvalue weighted by Crippen LogP contribution is 2.21. The Hall–Kier alpha value is -2.07. The molecule has 0 spiro atoms. The summed E-state index contributed by atoms with van der Waals surface area (Å²) in [4.78, 5) is 26.9. The highest BCUT2D eigenvalue weighted by molar-refractivity contribution is 7.12. The smallest absolute Gasteiger partial charge is 0.315 e. The van der Waals surface area contributed by atoms with Gasteiger partial charge >= 0.3 is 6.03 Å². The lowest BCUT2D eigenvalue weighted by Gasteiger charge is -2.33. The normalized spacial score (nSPS) is 19.2. The van der Waals surface area contributed by atoms with E-state index in [9.17, 15) is 9.59 Å². The molecular weight excluding hydrogens is 336 g/mol. The van der Waals surface area contributed by atoms with Gasteiger partial charge in [-0.05, 0) is 37.1 Å². The SMILES string of the molecule is N#Cc1ccsc1C(=O)N1CCC(NC(=O)NC2CCCCC2)CC1. The molecule has 0 atom stereocenters. The van der Waals surface area contributed by atoms with Gasteiger partial charge in [0.25, 0.3) is 5.91 Å². The van der Waals surface area contributed by atoms with Gasteiger partial charge in [0.1, 0.15) is 10.9 Å². The average Bonchev–Trinajstić information content (AvgIpc) is 3.11. The van der Waals surface area contributed by atoms with Gasteiger partial charge < -0.3 is 15.5 Å².